The predicted octanol–water partition coefficient (Wildman–Crippen LogP) is 7.42. The van der Waals surface area contributed by atoms with Gasteiger partial charge in [0, 0.05) is 0 Å². The zero-order valence-corrected chi connectivity index (χ0v) is 19.2. The summed E-state index contributed by atoms with van der Waals surface area (Å²) in [6.45, 7) is 7.06. The van der Waals surface area contributed by atoms with E-state index in [1.807, 2.05) is 18.2 Å². The Bertz CT molecular complexity index is 742. The van der Waals surface area contributed by atoms with E-state index in [9.17, 15) is 4.79 Å². The lowest BCUT2D eigenvalue weighted by Crippen LogP contribution is -2.11. The van der Waals surface area contributed by atoms with Crippen LogP contribution in [0.2, 0.25) is 0 Å². The molecule has 0 bridgehead atoms. The second-order valence-corrected chi connectivity index (χ2v) is 8.26. The summed E-state index contributed by atoms with van der Waals surface area (Å²) in [5.74, 6) is 0. The number of carbonyl (C=O) groups is 1. The summed E-state index contributed by atoms with van der Waals surface area (Å²) in [4.78, 5) is 16.6. The maximum atomic E-state index is 11.8. The molecule has 164 valence electrons. The van der Waals surface area contributed by atoms with Crippen LogP contribution in [0, 0.1) is 0 Å². The molecule has 2 rings (SSSR count). The Morgan fingerprint density at radius 1 is 0.900 bits per heavy atom. The number of hydrogen-bond acceptors (Lipinski definition) is 3. The Morgan fingerprint density at radius 3 is 2.13 bits per heavy atom. The molecule has 0 aliphatic carbocycles. The molecule has 3 heteroatoms. The van der Waals surface area contributed by atoms with Gasteiger partial charge in [0.1, 0.15) is 5.69 Å². The molecular weight excluding hydrogens is 370 g/mol. The number of nitrogens with zero attached hydrogens (tertiary/aromatic N) is 1. The van der Waals surface area contributed by atoms with Crippen molar-refractivity contribution in [2.45, 2.75) is 97.7 Å². The first-order valence-corrected chi connectivity index (χ1v) is 11.8. The van der Waals surface area contributed by atoms with Crippen LogP contribution in [-0.4, -0.2) is 11.3 Å². The molecule has 0 amide bonds. The zero-order valence-electron chi connectivity index (χ0n) is 19.2. The van der Waals surface area contributed by atoms with E-state index in [2.05, 4.69) is 39.0 Å². The normalized spacial score (nSPS) is 12.1. The van der Waals surface area contributed by atoms with Crippen LogP contribution >= 0.6 is 0 Å². The number of aryl methyl sites for hydroxylation is 2. The Morgan fingerprint density at radius 2 is 1.53 bits per heavy atom. The number of carbonyl (C=O) groups excluding carboxylic acids is 1. The van der Waals surface area contributed by atoms with E-state index in [1.54, 1.807) is 0 Å². The highest BCUT2D eigenvalue weighted by Gasteiger charge is 2.17. The lowest BCUT2D eigenvalue weighted by molar-refractivity contribution is 0.0490. The monoisotopic (exact) mass is 409 g/mol. The molecule has 0 radical (unpaired) electrons. The molecule has 0 N–H and O–H groups in total. The van der Waals surface area contributed by atoms with Crippen molar-refractivity contribution in [2.75, 3.05) is 0 Å². The molecule has 0 spiro atoms. The van der Waals surface area contributed by atoms with Gasteiger partial charge in [0.15, 0.2) is 6.29 Å². The summed E-state index contributed by atoms with van der Waals surface area (Å²) in [5, 5.41) is 0. The van der Waals surface area contributed by atoms with Crippen LogP contribution < -0.4 is 0 Å². The van der Waals surface area contributed by atoms with Gasteiger partial charge in [0.25, 0.3) is 0 Å². The van der Waals surface area contributed by atoms with Crippen molar-refractivity contribution in [2.24, 2.45) is 0 Å². The minimum absolute atomic E-state index is 0.140. The highest BCUT2D eigenvalue weighted by atomic mass is 16.5. The third-order valence-corrected chi connectivity index (χ3v) is 5.69. The van der Waals surface area contributed by atoms with Crippen LogP contribution in [0.25, 0.3) is 0 Å². The summed E-state index contributed by atoms with van der Waals surface area (Å²) < 4.78 is 6.16. The molecule has 1 aromatic heterocycles. The zero-order chi connectivity index (χ0) is 21.6. The molecule has 0 saturated carbocycles. The van der Waals surface area contributed by atoms with Gasteiger partial charge in [-0.15, -0.1) is 0 Å². The number of hydrogen-bond donors (Lipinski definition) is 0. The lowest BCUT2D eigenvalue weighted by atomic mass is 9.96. The van der Waals surface area contributed by atoms with Crippen molar-refractivity contribution in [3.8, 4) is 0 Å². The maximum Gasteiger partial charge on any atom is 0.168 e. The predicted molar refractivity (Wildman–Crippen MR) is 125 cm³/mol. The van der Waals surface area contributed by atoms with E-state index in [-0.39, 0.29) is 6.10 Å². The van der Waals surface area contributed by atoms with Gasteiger partial charge in [-0.25, -0.2) is 4.98 Å². The van der Waals surface area contributed by atoms with Crippen molar-refractivity contribution in [1.82, 2.24) is 4.98 Å². The SMILES string of the molecule is CCCCCCc1cc(CCCCCC)c([C@H](C)OCc2ccccc2)nc1C=O. The van der Waals surface area contributed by atoms with Crippen molar-refractivity contribution >= 4 is 6.29 Å². The third kappa shape index (κ3) is 8.02. The molecule has 3 nitrogen and oxygen atoms in total. The number of pyridine rings is 1. The molecule has 0 unspecified atom stereocenters. The molecule has 1 aromatic carbocycles. The first-order chi connectivity index (χ1) is 14.7. The van der Waals surface area contributed by atoms with E-state index >= 15 is 0 Å². The largest absolute Gasteiger partial charge is 0.368 e. The molecule has 1 atom stereocenters. The van der Waals surface area contributed by atoms with Gasteiger partial charge >= 0.3 is 0 Å². The Hall–Kier alpha value is -2.00. The summed E-state index contributed by atoms with van der Waals surface area (Å²) >= 11 is 0. The van der Waals surface area contributed by atoms with E-state index in [0.717, 1.165) is 48.8 Å². The summed E-state index contributed by atoms with van der Waals surface area (Å²) in [5.41, 5.74) is 5.03. The van der Waals surface area contributed by atoms with Gasteiger partial charge in [-0.2, -0.15) is 0 Å². The van der Waals surface area contributed by atoms with Gasteiger partial charge in [-0.3, -0.25) is 4.79 Å². The van der Waals surface area contributed by atoms with Crippen molar-refractivity contribution in [3.63, 3.8) is 0 Å². The third-order valence-electron chi connectivity index (χ3n) is 5.69. The molecule has 2 aromatic rings. The van der Waals surface area contributed by atoms with Crippen LogP contribution in [0.15, 0.2) is 36.4 Å². The van der Waals surface area contributed by atoms with E-state index in [4.69, 9.17) is 9.72 Å². The molecular formula is C27H39NO2. The Labute approximate surface area is 183 Å². The number of unbranched alkanes of at least 4 members (excludes halogenated alkanes) is 6. The molecule has 0 aliphatic rings. The Kier molecular flexibility index (Phi) is 11.4. The van der Waals surface area contributed by atoms with Crippen molar-refractivity contribution in [1.29, 1.82) is 0 Å². The van der Waals surface area contributed by atoms with Gasteiger partial charge < -0.3 is 4.74 Å². The molecule has 0 fully saturated rings. The van der Waals surface area contributed by atoms with Gasteiger partial charge in [0.2, 0.25) is 0 Å². The minimum Gasteiger partial charge on any atom is -0.368 e. The topological polar surface area (TPSA) is 39.2 Å². The molecule has 0 saturated heterocycles. The van der Waals surface area contributed by atoms with Crippen molar-refractivity contribution < 1.29 is 9.53 Å². The van der Waals surface area contributed by atoms with Crippen LogP contribution in [0.1, 0.15) is 111 Å². The van der Waals surface area contributed by atoms with Crippen LogP contribution in [-0.2, 0) is 24.2 Å². The van der Waals surface area contributed by atoms with Crippen LogP contribution in [0.3, 0.4) is 0 Å². The van der Waals surface area contributed by atoms with E-state index in [0.29, 0.717) is 12.3 Å². The maximum absolute atomic E-state index is 11.8. The van der Waals surface area contributed by atoms with E-state index < -0.39 is 0 Å². The smallest absolute Gasteiger partial charge is 0.168 e. The van der Waals surface area contributed by atoms with Gasteiger partial charge in [-0.05, 0) is 49.3 Å². The molecule has 0 aliphatic heterocycles. The average molecular weight is 410 g/mol. The lowest BCUT2D eigenvalue weighted by Gasteiger charge is -2.19. The molecule has 30 heavy (non-hydrogen) atoms. The number of rotatable bonds is 15. The fourth-order valence-corrected chi connectivity index (χ4v) is 3.84. The second-order valence-electron chi connectivity index (χ2n) is 8.26. The quantitative estimate of drug-likeness (QED) is 0.227. The highest BCUT2D eigenvalue weighted by molar-refractivity contribution is 5.74. The van der Waals surface area contributed by atoms with Gasteiger partial charge in [0.05, 0.1) is 18.4 Å². The van der Waals surface area contributed by atoms with Gasteiger partial charge in [-0.1, -0.05) is 88.8 Å². The van der Waals surface area contributed by atoms with E-state index in [1.165, 1.54) is 44.1 Å². The number of benzene rings is 1. The summed E-state index contributed by atoms with van der Waals surface area (Å²) in [6, 6.07) is 12.5. The first kappa shape index (κ1) is 24.3. The number of aromatic nitrogens is 1. The Balaban J connectivity index is 2.17. The fraction of sp³-hybridized carbons (Fsp3) is 0.556. The highest BCUT2D eigenvalue weighted by Crippen LogP contribution is 2.26. The second kappa shape index (κ2) is 14.1. The average Bonchev–Trinajstić information content (AvgIpc) is 2.78. The first-order valence-electron chi connectivity index (χ1n) is 11.8. The standard InChI is InChI=1S/C27H39NO2/c1-4-6-8-13-17-24-19-25(18-14-9-7-5-2)27(28-26(24)20-29)22(3)30-21-23-15-11-10-12-16-23/h10-12,15-16,19-20,22H,4-9,13-14,17-18,21H2,1-3H3/t22-/m0/s1. The van der Waals surface area contributed by atoms with Crippen molar-refractivity contribution in [3.05, 3.63) is 64.5 Å². The number of aldehydes is 1. The summed E-state index contributed by atoms with van der Waals surface area (Å²) in [6.07, 6.45) is 12.4. The molecule has 1 heterocycles. The van der Waals surface area contributed by atoms with Crippen LogP contribution in [0.5, 0.6) is 0 Å². The summed E-state index contributed by atoms with van der Waals surface area (Å²) in [7, 11) is 0. The fourth-order valence-electron chi connectivity index (χ4n) is 3.84. The minimum atomic E-state index is -0.140. The number of ether oxygens (including phenoxy) is 1. The van der Waals surface area contributed by atoms with Crippen LogP contribution in [0.4, 0.5) is 0 Å².